The second-order valence-electron chi connectivity index (χ2n) is 7.31. The normalized spacial score (nSPS) is 43.0. The number of aliphatic hydroxyl groups excluding tert-OH is 1. The number of aliphatic hydroxyl groups is 1. The molecule has 4 heteroatoms. The van der Waals surface area contributed by atoms with Crippen molar-refractivity contribution in [2.75, 3.05) is 6.54 Å². The van der Waals surface area contributed by atoms with E-state index in [1.807, 2.05) is 0 Å². The number of amides is 1. The van der Waals surface area contributed by atoms with Gasteiger partial charge in [0.15, 0.2) is 0 Å². The number of rotatable bonds is 4. The molecule has 0 saturated heterocycles. The maximum Gasteiger partial charge on any atom is 0.226 e. The number of nitrogens with two attached hydrogens (primary N) is 1. The fourth-order valence-electron chi connectivity index (χ4n) is 4.96. The van der Waals surface area contributed by atoms with E-state index < -0.39 is 6.10 Å². The van der Waals surface area contributed by atoms with Crippen LogP contribution in [-0.4, -0.2) is 29.7 Å². The Morgan fingerprint density at radius 1 is 1.26 bits per heavy atom. The molecule has 4 aliphatic carbocycles. The molecule has 108 valence electrons. The summed E-state index contributed by atoms with van der Waals surface area (Å²) in [7, 11) is 0. The predicted octanol–water partition coefficient (Wildman–Crippen LogP) is 1.03. The van der Waals surface area contributed by atoms with E-state index in [4.69, 9.17) is 5.73 Å². The second kappa shape index (κ2) is 4.74. The van der Waals surface area contributed by atoms with Gasteiger partial charge in [0.25, 0.3) is 0 Å². The second-order valence-corrected chi connectivity index (χ2v) is 7.31. The van der Waals surface area contributed by atoms with Crippen molar-refractivity contribution in [3.63, 3.8) is 0 Å². The van der Waals surface area contributed by atoms with Crippen molar-refractivity contribution in [3.05, 3.63) is 0 Å². The number of carbonyl (C=O) groups is 1. The van der Waals surface area contributed by atoms with Crippen molar-refractivity contribution in [1.82, 2.24) is 5.32 Å². The van der Waals surface area contributed by atoms with Gasteiger partial charge in [-0.05, 0) is 63.2 Å². The molecule has 4 nitrogen and oxygen atoms in total. The number of carbonyl (C=O) groups excluding carboxylic acids is 1. The molecule has 0 aromatic carbocycles. The average molecular weight is 266 g/mol. The summed E-state index contributed by atoms with van der Waals surface area (Å²) in [5.74, 6) is 2.54. The van der Waals surface area contributed by atoms with Crippen LogP contribution in [0.5, 0.6) is 0 Å². The highest BCUT2D eigenvalue weighted by Crippen LogP contribution is 2.60. The van der Waals surface area contributed by atoms with Gasteiger partial charge < -0.3 is 16.2 Å². The van der Waals surface area contributed by atoms with E-state index in [2.05, 4.69) is 5.32 Å². The van der Waals surface area contributed by atoms with Crippen LogP contribution in [0.1, 0.15) is 45.4 Å². The van der Waals surface area contributed by atoms with Gasteiger partial charge in [0.05, 0.1) is 6.10 Å². The molecule has 4 fully saturated rings. The molecule has 0 radical (unpaired) electrons. The van der Waals surface area contributed by atoms with E-state index in [1.54, 1.807) is 6.92 Å². The molecule has 0 aromatic rings. The Morgan fingerprint density at radius 2 is 1.74 bits per heavy atom. The van der Waals surface area contributed by atoms with Crippen LogP contribution in [-0.2, 0) is 4.79 Å². The Kier molecular flexibility index (Phi) is 3.34. The molecule has 0 heterocycles. The van der Waals surface area contributed by atoms with Crippen molar-refractivity contribution in [2.24, 2.45) is 28.9 Å². The quantitative estimate of drug-likeness (QED) is 0.711. The first kappa shape index (κ1) is 13.4. The monoisotopic (exact) mass is 266 g/mol. The summed E-state index contributed by atoms with van der Waals surface area (Å²) in [6, 6.07) is -0.363. The highest BCUT2D eigenvalue weighted by Gasteiger charge is 2.54. The van der Waals surface area contributed by atoms with Crippen molar-refractivity contribution < 1.29 is 9.90 Å². The summed E-state index contributed by atoms with van der Waals surface area (Å²) in [6.07, 6.45) is 6.70. The highest BCUT2D eigenvalue weighted by molar-refractivity contribution is 5.83. The van der Waals surface area contributed by atoms with Crippen molar-refractivity contribution in [1.29, 1.82) is 0 Å². The van der Waals surface area contributed by atoms with Crippen LogP contribution >= 0.6 is 0 Å². The van der Waals surface area contributed by atoms with Crippen LogP contribution in [0.25, 0.3) is 0 Å². The standard InChI is InChI=1S/C15H26N2O2/c1-9(18)13(16)8-17-14(19)15-5-10-2-11(6-15)4-12(3-10)7-15/h9-13,18H,2-8,16H2,1H3,(H,17,19). The SMILES string of the molecule is CC(O)C(N)CNC(=O)C12CC3CC(CC(C3)C1)C2. The molecule has 2 atom stereocenters. The van der Waals surface area contributed by atoms with Gasteiger partial charge in [-0.15, -0.1) is 0 Å². The summed E-state index contributed by atoms with van der Waals surface area (Å²) >= 11 is 0. The van der Waals surface area contributed by atoms with Crippen LogP contribution in [0.15, 0.2) is 0 Å². The van der Waals surface area contributed by atoms with Gasteiger partial charge in [0.1, 0.15) is 0 Å². The maximum atomic E-state index is 12.6. The van der Waals surface area contributed by atoms with E-state index >= 15 is 0 Å². The third-order valence-electron chi connectivity index (χ3n) is 5.64. The van der Waals surface area contributed by atoms with Crippen molar-refractivity contribution in [3.8, 4) is 0 Å². The zero-order valence-electron chi connectivity index (χ0n) is 11.8. The van der Waals surface area contributed by atoms with Crippen molar-refractivity contribution >= 4 is 5.91 Å². The Labute approximate surface area is 115 Å². The van der Waals surface area contributed by atoms with Gasteiger partial charge >= 0.3 is 0 Å². The van der Waals surface area contributed by atoms with E-state index in [-0.39, 0.29) is 17.4 Å². The molecule has 4 N–H and O–H groups in total. The van der Waals surface area contributed by atoms with Gasteiger partial charge in [-0.3, -0.25) is 4.79 Å². The fourth-order valence-corrected chi connectivity index (χ4v) is 4.96. The highest BCUT2D eigenvalue weighted by atomic mass is 16.3. The Morgan fingerprint density at radius 3 is 2.16 bits per heavy atom. The molecule has 2 unspecified atom stereocenters. The minimum atomic E-state index is -0.573. The van der Waals surface area contributed by atoms with E-state index in [9.17, 15) is 9.90 Å². The van der Waals surface area contributed by atoms with Crippen LogP contribution < -0.4 is 11.1 Å². The maximum absolute atomic E-state index is 12.6. The lowest BCUT2D eigenvalue weighted by Gasteiger charge is -2.55. The summed E-state index contributed by atoms with van der Waals surface area (Å²) in [6.45, 7) is 2.06. The number of hydrogen-bond acceptors (Lipinski definition) is 3. The van der Waals surface area contributed by atoms with E-state index in [0.29, 0.717) is 6.54 Å². The van der Waals surface area contributed by atoms with Gasteiger partial charge in [0, 0.05) is 18.0 Å². The lowest BCUT2D eigenvalue weighted by Crippen LogP contribution is -2.55. The third kappa shape index (κ3) is 2.40. The zero-order valence-corrected chi connectivity index (χ0v) is 11.8. The summed E-state index contributed by atoms with van der Waals surface area (Å²) in [5, 5.41) is 12.4. The van der Waals surface area contributed by atoms with E-state index in [0.717, 1.165) is 37.0 Å². The Balaban J connectivity index is 1.63. The zero-order chi connectivity index (χ0) is 13.6. The average Bonchev–Trinajstić information content (AvgIpc) is 2.33. The summed E-state index contributed by atoms with van der Waals surface area (Å²) in [4.78, 5) is 12.6. The van der Waals surface area contributed by atoms with Gasteiger partial charge in [0.2, 0.25) is 5.91 Å². The molecule has 4 saturated carbocycles. The summed E-state index contributed by atoms with van der Waals surface area (Å²) < 4.78 is 0. The topological polar surface area (TPSA) is 75.3 Å². The van der Waals surface area contributed by atoms with Gasteiger partial charge in [-0.2, -0.15) is 0 Å². The molecule has 19 heavy (non-hydrogen) atoms. The first-order valence-electron chi connectivity index (χ1n) is 7.70. The number of nitrogens with one attached hydrogen (secondary N) is 1. The van der Waals surface area contributed by atoms with Crippen molar-refractivity contribution in [2.45, 2.75) is 57.6 Å². The Hall–Kier alpha value is -0.610. The minimum Gasteiger partial charge on any atom is -0.392 e. The molecule has 4 bridgehead atoms. The van der Waals surface area contributed by atoms with E-state index in [1.165, 1.54) is 19.3 Å². The molecule has 1 amide bonds. The third-order valence-corrected chi connectivity index (χ3v) is 5.64. The lowest BCUT2D eigenvalue weighted by molar-refractivity contribution is -0.146. The smallest absolute Gasteiger partial charge is 0.226 e. The molecular weight excluding hydrogens is 240 g/mol. The molecule has 4 rings (SSSR count). The molecule has 4 aliphatic rings. The first-order valence-corrected chi connectivity index (χ1v) is 7.70. The lowest BCUT2D eigenvalue weighted by atomic mass is 9.49. The molecular formula is C15H26N2O2. The van der Waals surface area contributed by atoms with Crippen LogP contribution in [0, 0.1) is 23.2 Å². The molecule has 0 spiro atoms. The fraction of sp³-hybridized carbons (Fsp3) is 0.933. The largest absolute Gasteiger partial charge is 0.392 e. The minimum absolute atomic E-state index is 0.104. The summed E-state index contributed by atoms with van der Waals surface area (Å²) in [5.41, 5.74) is 5.69. The first-order chi connectivity index (χ1) is 8.98. The molecule has 0 aromatic heterocycles. The van der Waals surface area contributed by atoms with Gasteiger partial charge in [-0.1, -0.05) is 0 Å². The number of hydrogen-bond donors (Lipinski definition) is 3. The van der Waals surface area contributed by atoms with Crippen LogP contribution in [0.4, 0.5) is 0 Å². The molecule has 0 aliphatic heterocycles. The van der Waals surface area contributed by atoms with Crippen LogP contribution in [0.3, 0.4) is 0 Å². The Bertz CT molecular complexity index is 332. The predicted molar refractivity (Wildman–Crippen MR) is 73.3 cm³/mol. The van der Waals surface area contributed by atoms with Crippen LogP contribution in [0.2, 0.25) is 0 Å². The van der Waals surface area contributed by atoms with Gasteiger partial charge in [-0.25, -0.2) is 0 Å².